The van der Waals surface area contributed by atoms with Crippen molar-refractivity contribution in [2.45, 2.75) is 18.9 Å². The number of halogens is 1. The van der Waals surface area contributed by atoms with Gasteiger partial charge < -0.3 is 10.0 Å². The number of aliphatic hydroxyl groups is 1. The second-order valence-electron chi connectivity index (χ2n) is 3.75. The molecule has 0 bridgehead atoms. The summed E-state index contributed by atoms with van der Waals surface area (Å²) in [5, 5.41) is 9.72. The first kappa shape index (κ1) is 9.81. The van der Waals surface area contributed by atoms with Gasteiger partial charge in [0.05, 0.1) is 0 Å². The molecule has 1 aliphatic rings. The number of likely N-dealkylation sites (N-methyl/N-ethyl adjacent to an activating group) is 1. The summed E-state index contributed by atoms with van der Waals surface area (Å²) in [6.07, 6.45) is 1.82. The van der Waals surface area contributed by atoms with E-state index in [0.717, 1.165) is 17.9 Å². The van der Waals surface area contributed by atoms with Gasteiger partial charge in [-0.2, -0.15) is 0 Å². The molecule has 76 valence electrons. The van der Waals surface area contributed by atoms with Crippen LogP contribution in [-0.4, -0.2) is 24.8 Å². The molecule has 1 N–H and O–H groups in total. The molecular formula is C11H14ClNO. The van der Waals surface area contributed by atoms with E-state index in [9.17, 15) is 0 Å². The second-order valence-corrected chi connectivity index (χ2v) is 4.19. The van der Waals surface area contributed by atoms with E-state index in [1.807, 2.05) is 12.1 Å². The first-order chi connectivity index (χ1) is 6.72. The minimum absolute atomic E-state index is 0.247. The van der Waals surface area contributed by atoms with Gasteiger partial charge in [0.15, 0.2) is 0 Å². The van der Waals surface area contributed by atoms with Gasteiger partial charge in [-0.05, 0) is 36.6 Å². The van der Waals surface area contributed by atoms with Gasteiger partial charge in [0.1, 0.15) is 0 Å². The molecule has 1 heterocycles. The molecule has 1 aromatic carbocycles. The van der Waals surface area contributed by atoms with Crippen molar-refractivity contribution in [3.05, 3.63) is 28.8 Å². The highest BCUT2D eigenvalue weighted by Crippen LogP contribution is 2.33. The maximum absolute atomic E-state index is 8.93. The van der Waals surface area contributed by atoms with Crippen molar-refractivity contribution < 1.29 is 5.11 Å². The molecule has 0 saturated carbocycles. The van der Waals surface area contributed by atoms with Crippen LogP contribution in [0.2, 0.25) is 5.02 Å². The van der Waals surface area contributed by atoms with E-state index in [2.05, 4.69) is 18.0 Å². The van der Waals surface area contributed by atoms with Crippen LogP contribution < -0.4 is 4.90 Å². The quantitative estimate of drug-likeness (QED) is 0.810. The molecule has 1 aromatic rings. The SMILES string of the molecule is CN1c2ccc(Cl)cc2CC1CCO. The summed E-state index contributed by atoms with van der Waals surface area (Å²) in [6, 6.07) is 6.41. The largest absolute Gasteiger partial charge is 0.396 e. The number of nitrogens with zero attached hydrogens (tertiary/aromatic N) is 1. The lowest BCUT2D eigenvalue weighted by Gasteiger charge is -2.21. The molecule has 1 atom stereocenters. The lowest BCUT2D eigenvalue weighted by Crippen LogP contribution is -2.28. The van der Waals surface area contributed by atoms with Crippen LogP contribution >= 0.6 is 11.6 Å². The lowest BCUT2D eigenvalue weighted by atomic mass is 10.1. The molecule has 0 amide bonds. The zero-order chi connectivity index (χ0) is 10.1. The number of anilines is 1. The zero-order valence-electron chi connectivity index (χ0n) is 8.20. The fourth-order valence-corrected chi connectivity index (χ4v) is 2.29. The van der Waals surface area contributed by atoms with Crippen LogP contribution in [0.3, 0.4) is 0 Å². The fraction of sp³-hybridized carbons (Fsp3) is 0.455. The average molecular weight is 212 g/mol. The van der Waals surface area contributed by atoms with Crippen LogP contribution in [0.5, 0.6) is 0 Å². The van der Waals surface area contributed by atoms with Crippen molar-refractivity contribution in [3.8, 4) is 0 Å². The number of benzene rings is 1. The highest BCUT2D eigenvalue weighted by Gasteiger charge is 2.25. The van der Waals surface area contributed by atoms with E-state index in [0.29, 0.717) is 6.04 Å². The minimum Gasteiger partial charge on any atom is -0.396 e. The van der Waals surface area contributed by atoms with Gasteiger partial charge in [-0.25, -0.2) is 0 Å². The molecule has 0 saturated heterocycles. The topological polar surface area (TPSA) is 23.5 Å². The summed E-state index contributed by atoms with van der Waals surface area (Å²) in [5.41, 5.74) is 2.53. The number of aliphatic hydroxyl groups excluding tert-OH is 1. The maximum atomic E-state index is 8.93. The van der Waals surface area contributed by atoms with Gasteiger partial charge in [-0.15, -0.1) is 0 Å². The molecule has 0 fully saturated rings. The lowest BCUT2D eigenvalue weighted by molar-refractivity contribution is 0.275. The van der Waals surface area contributed by atoms with Gasteiger partial charge in [0, 0.05) is 30.4 Å². The Hall–Kier alpha value is -0.730. The molecule has 0 aliphatic carbocycles. The van der Waals surface area contributed by atoms with Crippen LogP contribution in [0.1, 0.15) is 12.0 Å². The molecule has 2 nitrogen and oxygen atoms in total. The van der Waals surface area contributed by atoms with Crippen LogP contribution in [-0.2, 0) is 6.42 Å². The van der Waals surface area contributed by atoms with E-state index in [4.69, 9.17) is 16.7 Å². The van der Waals surface area contributed by atoms with Gasteiger partial charge in [-0.3, -0.25) is 0 Å². The second kappa shape index (κ2) is 3.79. The summed E-state index contributed by atoms with van der Waals surface area (Å²) in [4.78, 5) is 2.22. The van der Waals surface area contributed by atoms with E-state index in [1.54, 1.807) is 0 Å². The number of fused-ring (bicyclic) bond motifs is 1. The van der Waals surface area contributed by atoms with Crippen molar-refractivity contribution in [1.82, 2.24) is 0 Å². The predicted octanol–water partition coefficient (Wildman–Crippen LogP) is 2.08. The Morgan fingerprint density at radius 2 is 2.36 bits per heavy atom. The molecule has 0 aromatic heterocycles. The summed E-state index contributed by atoms with van der Waals surface area (Å²) >= 11 is 5.93. The van der Waals surface area contributed by atoms with E-state index in [1.165, 1.54) is 11.3 Å². The van der Waals surface area contributed by atoms with Crippen molar-refractivity contribution in [3.63, 3.8) is 0 Å². The Labute approximate surface area is 89.1 Å². The van der Waals surface area contributed by atoms with Gasteiger partial charge in [0.2, 0.25) is 0 Å². The van der Waals surface area contributed by atoms with Gasteiger partial charge >= 0.3 is 0 Å². The van der Waals surface area contributed by atoms with Crippen LogP contribution in [0.15, 0.2) is 18.2 Å². The number of rotatable bonds is 2. The first-order valence-corrected chi connectivity index (χ1v) is 5.22. The minimum atomic E-state index is 0.247. The molecule has 1 unspecified atom stereocenters. The molecule has 3 heteroatoms. The van der Waals surface area contributed by atoms with Crippen molar-refractivity contribution in [2.24, 2.45) is 0 Å². The van der Waals surface area contributed by atoms with Gasteiger partial charge in [0.25, 0.3) is 0 Å². The smallest absolute Gasteiger partial charge is 0.0450 e. The molecule has 0 radical (unpaired) electrons. The standard InChI is InChI=1S/C11H14ClNO/c1-13-10(4-5-14)7-8-6-9(12)2-3-11(8)13/h2-3,6,10,14H,4-5,7H2,1H3. The normalized spacial score (nSPS) is 19.9. The van der Waals surface area contributed by atoms with Gasteiger partial charge in [-0.1, -0.05) is 11.6 Å². The van der Waals surface area contributed by atoms with E-state index < -0.39 is 0 Å². The third-order valence-electron chi connectivity index (χ3n) is 2.89. The molecule has 1 aliphatic heterocycles. The van der Waals surface area contributed by atoms with Crippen molar-refractivity contribution in [1.29, 1.82) is 0 Å². The third kappa shape index (κ3) is 1.60. The Bertz CT molecular complexity index is 340. The zero-order valence-corrected chi connectivity index (χ0v) is 8.96. The molecule has 2 rings (SSSR count). The fourth-order valence-electron chi connectivity index (χ4n) is 2.09. The Morgan fingerprint density at radius 1 is 1.57 bits per heavy atom. The first-order valence-electron chi connectivity index (χ1n) is 4.84. The Morgan fingerprint density at radius 3 is 3.07 bits per heavy atom. The summed E-state index contributed by atoms with van der Waals surface area (Å²) in [7, 11) is 2.07. The predicted molar refractivity (Wildman–Crippen MR) is 59.0 cm³/mol. The highest BCUT2D eigenvalue weighted by atomic mass is 35.5. The van der Waals surface area contributed by atoms with E-state index in [-0.39, 0.29) is 6.61 Å². The number of hydrogen-bond acceptors (Lipinski definition) is 2. The van der Waals surface area contributed by atoms with Crippen molar-refractivity contribution in [2.75, 3.05) is 18.6 Å². The third-order valence-corrected chi connectivity index (χ3v) is 3.12. The maximum Gasteiger partial charge on any atom is 0.0450 e. The molecule has 0 spiro atoms. The summed E-state index contributed by atoms with van der Waals surface area (Å²) < 4.78 is 0. The number of hydrogen-bond donors (Lipinski definition) is 1. The van der Waals surface area contributed by atoms with Crippen molar-refractivity contribution >= 4 is 17.3 Å². The van der Waals surface area contributed by atoms with Crippen LogP contribution in [0.4, 0.5) is 5.69 Å². The van der Waals surface area contributed by atoms with Crippen LogP contribution in [0.25, 0.3) is 0 Å². The Balaban J connectivity index is 2.26. The molecule has 14 heavy (non-hydrogen) atoms. The van der Waals surface area contributed by atoms with E-state index >= 15 is 0 Å². The highest BCUT2D eigenvalue weighted by molar-refractivity contribution is 6.30. The Kier molecular flexibility index (Phi) is 2.66. The van der Waals surface area contributed by atoms with Crippen LogP contribution in [0, 0.1) is 0 Å². The monoisotopic (exact) mass is 211 g/mol. The summed E-state index contributed by atoms with van der Waals surface area (Å²) in [6.45, 7) is 0.247. The molecular weight excluding hydrogens is 198 g/mol. The summed E-state index contributed by atoms with van der Waals surface area (Å²) in [5.74, 6) is 0. The average Bonchev–Trinajstić information content (AvgIpc) is 2.44.